The molecule has 2 nitrogen and oxygen atoms in total. The molecule has 18 heavy (non-hydrogen) atoms. The first-order chi connectivity index (χ1) is 8.78. The molecule has 0 spiro atoms. The Hall–Kier alpha value is -0.680. The molecule has 0 amide bonds. The number of aliphatic hydroxyl groups excluding tert-OH is 1. The molecular weight excluding hydrogens is 310 g/mol. The molecule has 0 radical (unpaired) electrons. The largest absolute Gasteiger partial charge is 0.392 e. The van der Waals surface area contributed by atoms with E-state index in [-0.39, 0.29) is 6.61 Å². The molecule has 2 N–H and O–H groups in total. The van der Waals surface area contributed by atoms with E-state index in [1.807, 2.05) is 12.1 Å². The summed E-state index contributed by atoms with van der Waals surface area (Å²) in [5, 5.41) is 12.4. The van der Waals surface area contributed by atoms with Gasteiger partial charge in [-0.1, -0.05) is 24.3 Å². The van der Waals surface area contributed by atoms with Gasteiger partial charge in [0, 0.05) is 18.0 Å². The summed E-state index contributed by atoms with van der Waals surface area (Å²) in [7, 11) is 0. The summed E-state index contributed by atoms with van der Waals surface area (Å²) in [5.74, 6) is 0. The first-order valence-corrected chi connectivity index (χ1v) is 7.52. The quantitative estimate of drug-likeness (QED) is 0.798. The normalized spacial score (nSPS) is 10.8. The predicted molar refractivity (Wildman–Crippen MR) is 79.8 cm³/mol. The van der Waals surface area contributed by atoms with E-state index < -0.39 is 0 Å². The molecule has 1 aromatic heterocycles. The van der Waals surface area contributed by atoms with E-state index in [0.717, 1.165) is 25.1 Å². The van der Waals surface area contributed by atoms with E-state index in [0.29, 0.717) is 0 Å². The number of thiophene rings is 1. The zero-order valence-corrected chi connectivity index (χ0v) is 12.4. The Morgan fingerprint density at radius 1 is 1.06 bits per heavy atom. The Labute approximate surface area is 120 Å². The highest BCUT2D eigenvalue weighted by Gasteiger charge is 1.98. The zero-order valence-electron chi connectivity index (χ0n) is 10.0. The van der Waals surface area contributed by atoms with Crippen LogP contribution in [0.15, 0.2) is 40.2 Å². The van der Waals surface area contributed by atoms with Crippen molar-refractivity contribution in [2.45, 2.75) is 19.6 Å². The Morgan fingerprint density at radius 3 is 2.39 bits per heavy atom. The van der Waals surface area contributed by atoms with Crippen LogP contribution in [0.25, 0.3) is 0 Å². The topological polar surface area (TPSA) is 32.3 Å². The fourth-order valence-corrected chi connectivity index (χ4v) is 3.18. The number of rotatable bonds is 6. The molecule has 0 bridgehead atoms. The third-order valence-electron chi connectivity index (χ3n) is 2.71. The molecule has 0 aliphatic carbocycles. The van der Waals surface area contributed by atoms with Gasteiger partial charge >= 0.3 is 0 Å². The van der Waals surface area contributed by atoms with Gasteiger partial charge in [-0.05, 0) is 45.6 Å². The number of halogens is 1. The molecule has 0 atom stereocenters. The highest BCUT2D eigenvalue weighted by atomic mass is 79.9. The maximum absolute atomic E-state index is 8.95. The lowest BCUT2D eigenvalue weighted by Gasteiger charge is -2.04. The standard InChI is InChI=1S/C14H16BrNOS/c15-14-6-5-13(18-14)7-8-16-9-11-1-3-12(10-17)4-2-11/h1-6,16-17H,7-10H2. The van der Waals surface area contributed by atoms with Gasteiger partial charge < -0.3 is 10.4 Å². The molecule has 96 valence electrons. The van der Waals surface area contributed by atoms with Gasteiger partial charge in [0.2, 0.25) is 0 Å². The molecule has 4 heteroatoms. The highest BCUT2D eigenvalue weighted by Crippen LogP contribution is 2.22. The minimum Gasteiger partial charge on any atom is -0.392 e. The average molecular weight is 326 g/mol. The molecule has 0 unspecified atom stereocenters. The Morgan fingerprint density at radius 2 is 1.78 bits per heavy atom. The second-order valence-electron chi connectivity index (χ2n) is 4.11. The molecule has 2 aromatic rings. The van der Waals surface area contributed by atoms with Crippen molar-refractivity contribution in [1.29, 1.82) is 0 Å². The Kier molecular flexibility index (Phi) is 5.38. The second-order valence-corrected chi connectivity index (χ2v) is 6.65. The lowest BCUT2D eigenvalue weighted by molar-refractivity contribution is 0.282. The third-order valence-corrected chi connectivity index (χ3v) is 4.40. The van der Waals surface area contributed by atoms with Gasteiger partial charge in [-0.2, -0.15) is 0 Å². The minimum atomic E-state index is 0.112. The smallest absolute Gasteiger partial charge is 0.0701 e. The van der Waals surface area contributed by atoms with Gasteiger partial charge in [0.05, 0.1) is 10.4 Å². The molecule has 0 aliphatic heterocycles. The van der Waals surface area contributed by atoms with E-state index in [9.17, 15) is 0 Å². The van der Waals surface area contributed by atoms with Crippen molar-refractivity contribution >= 4 is 27.3 Å². The van der Waals surface area contributed by atoms with Gasteiger partial charge in [0.1, 0.15) is 0 Å². The van der Waals surface area contributed by atoms with Gasteiger partial charge in [0.25, 0.3) is 0 Å². The van der Waals surface area contributed by atoms with E-state index in [4.69, 9.17) is 5.11 Å². The van der Waals surface area contributed by atoms with E-state index in [1.54, 1.807) is 11.3 Å². The van der Waals surface area contributed by atoms with Crippen molar-refractivity contribution in [3.05, 3.63) is 56.2 Å². The number of hydrogen-bond donors (Lipinski definition) is 2. The number of hydrogen-bond acceptors (Lipinski definition) is 3. The molecule has 0 fully saturated rings. The summed E-state index contributed by atoms with van der Waals surface area (Å²) in [6.07, 6.45) is 1.06. The lowest BCUT2D eigenvalue weighted by Crippen LogP contribution is -2.16. The monoisotopic (exact) mass is 325 g/mol. The molecule has 0 aliphatic rings. The van der Waals surface area contributed by atoms with Crippen LogP contribution >= 0.6 is 27.3 Å². The van der Waals surface area contributed by atoms with Crippen molar-refractivity contribution < 1.29 is 5.11 Å². The summed E-state index contributed by atoms with van der Waals surface area (Å²) >= 11 is 5.26. The number of nitrogens with one attached hydrogen (secondary N) is 1. The van der Waals surface area contributed by atoms with Crippen molar-refractivity contribution in [2.75, 3.05) is 6.54 Å². The fourth-order valence-electron chi connectivity index (χ4n) is 1.69. The van der Waals surface area contributed by atoms with Crippen molar-refractivity contribution in [2.24, 2.45) is 0 Å². The van der Waals surface area contributed by atoms with Crippen LogP contribution in [0.2, 0.25) is 0 Å². The lowest BCUT2D eigenvalue weighted by atomic mass is 10.1. The maximum atomic E-state index is 8.95. The first-order valence-electron chi connectivity index (χ1n) is 5.91. The van der Waals surface area contributed by atoms with E-state index >= 15 is 0 Å². The minimum absolute atomic E-state index is 0.112. The summed E-state index contributed by atoms with van der Waals surface area (Å²) in [6, 6.07) is 12.3. The second kappa shape index (κ2) is 7.04. The van der Waals surface area contributed by atoms with Crippen LogP contribution in [0.4, 0.5) is 0 Å². The molecule has 1 heterocycles. The van der Waals surface area contributed by atoms with E-state index in [1.165, 1.54) is 14.2 Å². The summed E-state index contributed by atoms with van der Waals surface area (Å²) in [4.78, 5) is 1.39. The van der Waals surface area contributed by atoms with Crippen LogP contribution in [0.5, 0.6) is 0 Å². The molecule has 1 aromatic carbocycles. The third kappa shape index (κ3) is 4.21. The number of benzene rings is 1. The van der Waals surface area contributed by atoms with Gasteiger partial charge in [0.15, 0.2) is 0 Å². The van der Waals surface area contributed by atoms with Crippen LogP contribution in [0, 0.1) is 0 Å². The van der Waals surface area contributed by atoms with Crippen LogP contribution in [0.1, 0.15) is 16.0 Å². The number of aliphatic hydroxyl groups is 1. The predicted octanol–water partition coefficient (Wildman–Crippen LogP) is 3.34. The summed E-state index contributed by atoms with van der Waals surface area (Å²) in [6.45, 7) is 1.97. The highest BCUT2D eigenvalue weighted by molar-refractivity contribution is 9.11. The van der Waals surface area contributed by atoms with Crippen molar-refractivity contribution in [3.63, 3.8) is 0 Å². The molecule has 0 saturated carbocycles. The Balaban J connectivity index is 1.71. The molecular formula is C14H16BrNOS. The van der Waals surface area contributed by atoms with Gasteiger partial charge in [-0.3, -0.25) is 0 Å². The SMILES string of the molecule is OCc1ccc(CNCCc2ccc(Br)s2)cc1. The van der Waals surface area contributed by atoms with Crippen molar-refractivity contribution in [3.8, 4) is 0 Å². The van der Waals surface area contributed by atoms with Gasteiger partial charge in [-0.15, -0.1) is 11.3 Å². The van der Waals surface area contributed by atoms with Crippen molar-refractivity contribution in [1.82, 2.24) is 5.32 Å². The maximum Gasteiger partial charge on any atom is 0.0701 e. The Bertz CT molecular complexity index is 481. The zero-order chi connectivity index (χ0) is 12.8. The summed E-state index contributed by atoms with van der Waals surface area (Å²) < 4.78 is 1.19. The molecule has 0 saturated heterocycles. The average Bonchev–Trinajstić information content (AvgIpc) is 2.81. The van der Waals surface area contributed by atoms with Crippen LogP contribution in [0.3, 0.4) is 0 Å². The van der Waals surface area contributed by atoms with Crippen LogP contribution < -0.4 is 5.32 Å². The summed E-state index contributed by atoms with van der Waals surface area (Å²) in [5.41, 5.74) is 2.21. The van der Waals surface area contributed by atoms with Gasteiger partial charge in [-0.25, -0.2) is 0 Å². The first kappa shape index (κ1) is 13.7. The van der Waals surface area contributed by atoms with Crippen LogP contribution in [-0.2, 0) is 19.6 Å². The van der Waals surface area contributed by atoms with E-state index in [2.05, 4.69) is 45.5 Å². The van der Waals surface area contributed by atoms with Crippen LogP contribution in [-0.4, -0.2) is 11.7 Å². The fraction of sp³-hybridized carbons (Fsp3) is 0.286. The molecule has 2 rings (SSSR count).